The smallest absolute Gasteiger partial charge is 0.242 e. The van der Waals surface area contributed by atoms with Gasteiger partial charge in [0, 0.05) is 35.0 Å². The molecule has 0 saturated heterocycles. The van der Waals surface area contributed by atoms with E-state index in [4.69, 9.17) is 11.6 Å². The molecule has 1 fully saturated rings. The Morgan fingerprint density at radius 2 is 1.84 bits per heavy atom. The van der Waals surface area contributed by atoms with E-state index >= 15 is 0 Å². The van der Waals surface area contributed by atoms with Crippen LogP contribution in [0.1, 0.15) is 56.6 Å². The third kappa shape index (κ3) is 8.19. The monoisotopic (exact) mass is 611 g/mol. The Kier molecular flexibility index (Phi) is 10.4. The van der Waals surface area contributed by atoms with Crippen molar-refractivity contribution in [2.45, 2.75) is 71.0 Å². The van der Waals surface area contributed by atoms with Crippen molar-refractivity contribution in [1.29, 1.82) is 0 Å². The fraction of sp³-hybridized carbons (Fsp3) is 0.481. The molecular formula is C27H35BrClN3O4S. The van der Waals surface area contributed by atoms with E-state index in [2.05, 4.69) is 21.2 Å². The molecule has 0 spiro atoms. The van der Waals surface area contributed by atoms with Gasteiger partial charge in [-0.2, -0.15) is 0 Å². The van der Waals surface area contributed by atoms with Crippen LogP contribution in [0, 0.1) is 6.92 Å². The number of anilines is 1. The van der Waals surface area contributed by atoms with E-state index in [1.165, 1.54) is 4.31 Å². The zero-order valence-electron chi connectivity index (χ0n) is 21.5. The van der Waals surface area contributed by atoms with E-state index in [0.717, 1.165) is 42.0 Å². The van der Waals surface area contributed by atoms with E-state index < -0.39 is 16.1 Å². The highest BCUT2D eigenvalue weighted by Crippen LogP contribution is 2.28. The Bertz CT molecular complexity index is 1220. The molecule has 7 nitrogen and oxygen atoms in total. The Morgan fingerprint density at radius 1 is 1.16 bits per heavy atom. The summed E-state index contributed by atoms with van der Waals surface area (Å²) in [6.45, 7) is 3.92. The highest BCUT2D eigenvalue weighted by molar-refractivity contribution is 9.10. The lowest BCUT2D eigenvalue weighted by Gasteiger charge is -2.30. The molecule has 10 heteroatoms. The van der Waals surface area contributed by atoms with E-state index in [0.29, 0.717) is 22.7 Å². The second-order valence-corrected chi connectivity index (χ2v) is 12.9. The number of nitrogens with zero attached hydrogens (tertiary/aromatic N) is 2. The van der Waals surface area contributed by atoms with Crippen LogP contribution in [0.5, 0.6) is 0 Å². The van der Waals surface area contributed by atoms with Crippen molar-refractivity contribution < 1.29 is 18.0 Å². The number of carbonyl (C=O) groups is 2. The lowest BCUT2D eigenvalue weighted by molar-refractivity contribution is -0.141. The van der Waals surface area contributed by atoms with Crippen molar-refractivity contribution in [3.63, 3.8) is 0 Å². The summed E-state index contributed by atoms with van der Waals surface area (Å²) in [6, 6.07) is 12.3. The lowest BCUT2D eigenvalue weighted by atomic mass is 10.1. The molecule has 2 aromatic carbocycles. The minimum Gasteiger partial charge on any atom is -0.352 e. The minimum absolute atomic E-state index is 0.0979. The molecule has 0 heterocycles. The molecule has 3 rings (SSSR count). The number of nitrogens with one attached hydrogen (secondary N) is 1. The van der Waals surface area contributed by atoms with Crippen molar-refractivity contribution in [3.05, 3.63) is 63.1 Å². The van der Waals surface area contributed by atoms with Gasteiger partial charge in [-0.1, -0.05) is 58.6 Å². The summed E-state index contributed by atoms with van der Waals surface area (Å²) >= 11 is 9.69. The van der Waals surface area contributed by atoms with Crippen LogP contribution in [0.2, 0.25) is 5.02 Å². The Hall–Kier alpha value is -2.10. The molecule has 1 aliphatic rings. The SMILES string of the molecule is Cc1c(Cl)cccc1N(CCCC(=O)N(Cc1cccc(Br)c1)[C@H](C)C(=O)NC1CCCC1)S(C)(=O)=O. The van der Waals surface area contributed by atoms with Crippen molar-refractivity contribution in [1.82, 2.24) is 10.2 Å². The molecule has 1 aliphatic carbocycles. The third-order valence-electron chi connectivity index (χ3n) is 6.77. The van der Waals surface area contributed by atoms with Gasteiger partial charge in [0.25, 0.3) is 0 Å². The van der Waals surface area contributed by atoms with Crippen molar-refractivity contribution in [2.24, 2.45) is 0 Å². The second kappa shape index (κ2) is 13.1. The number of benzene rings is 2. The van der Waals surface area contributed by atoms with Crippen LogP contribution in [0.4, 0.5) is 5.69 Å². The van der Waals surface area contributed by atoms with E-state index in [9.17, 15) is 18.0 Å². The number of hydrogen-bond donors (Lipinski definition) is 1. The largest absolute Gasteiger partial charge is 0.352 e. The molecule has 37 heavy (non-hydrogen) atoms. The van der Waals surface area contributed by atoms with Gasteiger partial charge in [-0.3, -0.25) is 13.9 Å². The maximum Gasteiger partial charge on any atom is 0.242 e. The molecule has 1 atom stereocenters. The summed E-state index contributed by atoms with van der Waals surface area (Å²) in [5, 5.41) is 3.57. The second-order valence-electron chi connectivity index (χ2n) is 9.64. The average Bonchev–Trinajstić information content (AvgIpc) is 3.34. The van der Waals surface area contributed by atoms with E-state index in [-0.39, 0.29) is 37.4 Å². The van der Waals surface area contributed by atoms with Gasteiger partial charge in [0.15, 0.2) is 0 Å². The summed E-state index contributed by atoms with van der Waals surface area (Å²) in [5.74, 6) is -0.368. The lowest BCUT2D eigenvalue weighted by Crippen LogP contribution is -2.49. The predicted octanol–water partition coefficient (Wildman–Crippen LogP) is 5.43. The maximum absolute atomic E-state index is 13.4. The van der Waals surface area contributed by atoms with Gasteiger partial charge in [0.2, 0.25) is 21.8 Å². The summed E-state index contributed by atoms with van der Waals surface area (Å²) in [7, 11) is -3.59. The van der Waals surface area contributed by atoms with Gasteiger partial charge in [-0.15, -0.1) is 0 Å². The maximum atomic E-state index is 13.4. The number of rotatable bonds is 11. The summed E-state index contributed by atoms with van der Waals surface area (Å²) in [5.41, 5.74) is 2.06. The van der Waals surface area contributed by atoms with Crippen LogP contribution < -0.4 is 9.62 Å². The van der Waals surface area contributed by atoms with Gasteiger partial charge in [-0.25, -0.2) is 8.42 Å². The molecule has 0 aromatic heterocycles. The molecule has 1 saturated carbocycles. The molecular weight excluding hydrogens is 578 g/mol. The van der Waals surface area contributed by atoms with Crippen LogP contribution in [0.25, 0.3) is 0 Å². The molecule has 0 aliphatic heterocycles. The van der Waals surface area contributed by atoms with Crippen LogP contribution >= 0.6 is 27.5 Å². The highest BCUT2D eigenvalue weighted by Gasteiger charge is 2.29. The zero-order chi connectivity index (χ0) is 27.2. The topological polar surface area (TPSA) is 86.8 Å². The van der Waals surface area contributed by atoms with Crippen LogP contribution in [-0.4, -0.2) is 50.0 Å². The van der Waals surface area contributed by atoms with Gasteiger partial charge >= 0.3 is 0 Å². The molecule has 2 amide bonds. The predicted molar refractivity (Wildman–Crippen MR) is 152 cm³/mol. The first-order valence-corrected chi connectivity index (χ1v) is 15.6. The first-order valence-electron chi connectivity index (χ1n) is 12.5. The number of hydrogen-bond acceptors (Lipinski definition) is 4. The molecule has 202 valence electrons. The number of carbonyl (C=O) groups excluding carboxylic acids is 2. The number of halogens is 2. The Labute approximate surface area is 233 Å². The van der Waals surface area contributed by atoms with Gasteiger partial charge in [-0.05, 0) is 68.5 Å². The van der Waals surface area contributed by atoms with E-state index in [1.807, 2.05) is 24.3 Å². The van der Waals surface area contributed by atoms with Gasteiger partial charge in [0.1, 0.15) is 6.04 Å². The Morgan fingerprint density at radius 3 is 2.49 bits per heavy atom. The van der Waals surface area contributed by atoms with Crippen LogP contribution in [0.3, 0.4) is 0 Å². The van der Waals surface area contributed by atoms with Crippen LogP contribution in [-0.2, 0) is 26.2 Å². The molecule has 1 N–H and O–H groups in total. The quantitative estimate of drug-likeness (QED) is 0.367. The van der Waals surface area contributed by atoms with Crippen molar-refractivity contribution >= 4 is 55.1 Å². The fourth-order valence-electron chi connectivity index (χ4n) is 4.66. The van der Waals surface area contributed by atoms with Gasteiger partial charge in [0.05, 0.1) is 11.9 Å². The third-order valence-corrected chi connectivity index (χ3v) is 8.85. The molecule has 0 radical (unpaired) electrons. The van der Waals surface area contributed by atoms with Crippen molar-refractivity contribution in [2.75, 3.05) is 17.1 Å². The average molecular weight is 613 g/mol. The zero-order valence-corrected chi connectivity index (χ0v) is 24.7. The summed E-state index contributed by atoms with van der Waals surface area (Å²) < 4.78 is 27.3. The van der Waals surface area contributed by atoms with Crippen molar-refractivity contribution in [3.8, 4) is 0 Å². The van der Waals surface area contributed by atoms with Gasteiger partial charge < -0.3 is 10.2 Å². The van der Waals surface area contributed by atoms with E-state index in [1.54, 1.807) is 36.9 Å². The standard InChI is InChI=1S/C27H35BrClN3O4S/c1-19-24(29)13-7-14-25(19)32(37(3,35)36)16-8-15-26(33)31(18-21-9-6-10-22(28)17-21)20(2)27(34)30-23-11-4-5-12-23/h6-7,9-10,13-14,17,20,23H,4-5,8,11-12,15-16,18H2,1-3H3,(H,30,34)/t20-/m1/s1. The minimum atomic E-state index is -3.59. The molecule has 0 bridgehead atoms. The number of amides is 2. The molecule has 2 aromatic rings. The first kappa shape index (κ1) is 29.5. The summed E-state index contributed by atoms with van der Waals surface area (Å²) in [4.78, 5) is 28.1. The van der Waals surface area contributed by atoms with Crippen LogP contribution in [0.15, 0.2) is 46.9 Å². The Balaban J connectivity index is 1.74. The highest BCUT2D eigenvalue weighted by atomic mass is 79.9. The molecule has 0 unspecified atom stereocenters. The first-order chi connectivity index (χ1) is 17.5. The fourth-order valence-corrected chi connectivity index (χ4v) is 6.29. The summed E-state index contributed by atoms with van der Waals surface area (Å²) in [6.07, 6.45) is 5.66. The number of sulfonamides is 1. The normalized spacial score (nSPS) is 14.8.